The molecule has 0 saturated carbocycles. The minimum absolute atomic E-state index is 0.0373. The van der Waals surface area contributed by atoms with Crippen LogP contribution in [-0.2, 0) is 0 Å². The van der Waals surface area contributed by atoms with Gasteiger partial charge in [-0.15, -0.1) is 0 Å². The monoisotopic (exact) mass is 274 g/mol. The van der Waals surface area contributed by atoms with Crippen molar-refractivity contribution < 1.29 is 0 Å². The predicted octanol–water partition coefficient (Wildman–Crippen LogP) is 2.16. The molecule has 0 bridgehead atoms. The van der Waals surface area contributed by atoms with Crippen LogP contribution in [0.2, 0.25) is 0 Å². The number of rotatable bonds is 2. The molecule has 110 valence electrons. The molecule has 0 spiro atoms. The van der Waals surface area contributed by atoms with E-state index in [0.717, 1.165) is 18.9 Å². The summed E-state index contributed by atoms with van der Waals surface area (Å²) in [5.74, 6) is 1.10. The highest BCUT2D eigenvalue weighted by molar-refractivity contribution is 5.50. The third-order valence-corrected chi connectivity index (χ3v) is 4.77. The molecular weight excluding hydrogens is 248 g/mol. The third-order valence-electron chi connectivity index (χ3n) is 4.77. The minimum Gasteiger partial charge on any atom is -0.351 e. The van der Waals surface area contributed by atoms with Crippen molar-refractivity contribution in [1.82, 2.24) is 9.88 Å². The molecule has 3 heterocycles. The van der Waals surface area contributed by atoms with Crippen molar-refractivity contribution in [2.45, 2.75) is 51.2 Å². The molecule has 4 nitrogen and oxygen atoms in total. The molecule has 0 aromatic carbocycles. The van der Waals surface area contributed by atoms with Gasteiger partial charge in [-0.25, -0.2) is 4.98 Å². The number of pyridine rings is 1. The van der Waals surface area contributed by atoms with E-state index >= 15 is 0 Å². The SMILES string of the molecule is CC1CN2CCCCC2CN1c1ncccc1[C@@H](C)N. The number of nitrogens with two attached hydrogens (primary N) is 1. The Morgan fingerprint density at radius 2 is 2.20 bits per heavy atom. The maximum atomic E-state index is 6.12. The minimum atomic E-state index is 0.0373. The van der Waals surface area contributed by atoms with Crippen LogP contribution < -0.4 is 10.6 Å². The number of nitrogens with zero attached hydrogens (tertiary/aromatic N) is 3. The van der Waals surface area contributed by atoms with Gasteiger partial charge in [-0.05, 0) is 39.3 Å². The van der Waals surface area contributed by atoms with E-state index in [-0.39, 0.29) is 6.04 Å². The van der Waals surface area contributed by atoms with Gasteiger partial charge in [-0.3, -0.25) is 4.90 Å². The maximum Gasteiger partial charge on any atom is 0.133 e. The van der Waals surface area contributed by atoms with Crippen molar-refractivity contribution in [1.29, 1.82) is 0 Å². The number of hydrogen-bond donors (Lipinski definition) is 1. The van der Waals surface area contributed by atoms with Crippen LogP contribution in [0.25, 0.3) is 0 Å². The van der Waals surface area contributed by atoms with Crippen LogP contribution in [0.3, 0.4) is 0 Å². The molecular formula is C16H26N4. The average molecular weight is 274 g/mol. The topological polar surface area (TPSA) is 45.4 Å². The Labute approximate surface area is 122 Å². The highest BCUT2D eigenvalue weighted by Crippen LogP contribution is 2.30. The molecule has 2 fully saturated rings. The number of anilines is 1. The molecule has 3 atom stereocenters. The highest BCUT2D eigenvalue weighted by atomic mass is 15.3. The van der Waals surface area contributed by atoms with Gasteiger partial charge in [0.2, 0.25) is 0 Å². The van der Waals surface area contributed by atoms with Gasteiger partial charge in [0.25, 0.3) is 0 Å². The van der Waals surface area contributed by atoms with Crippen molar-refractivity contribution in [3.8, 4) is 0 Å². The normalized spacial score (nSPS) is 29.1. The van der Waals surface area contributed by atoms with Gasteiger partial charge in [0.1, 0.15) is 5.82 Å². The van der Waals surface area contributed by atoms with Crippen LogP contribution >= 0.6 is 0 Å². The molecule has 2 aliphatic heterocycles. The predicted molar refractivity (Wildman–Crippen MR) is 82.9 cm³/mol. The Morgan fingerprint density at radius 3 is 3.00 bits per heavy atom. The Balaban J connectivity index is 1.86. The molecule has 0 amide bonds. The second kappa shape index (κ2) is 5.70. The fourth-order valence-corrected chi connectivity index (χ4v) is 3.65. The first-order valence-electron chi connectivity index (χ1n) is 7.88. The zero-order chi connectivity index (χ0) is 14.1. The highest BCUT2D eigenvalue weighted by Gasteiger charge is 2.34. The van der Waals surface area contributed by atoms with Crippen molar-refractivity contribution >= 4 is 5.82 Å². The molecule has 1 aromatic heterocycles. The van der Waals surface area contributed by atoms with Gasteiger partial charge >= 0.3 is 0 Å². The van der Waals surface area contributed by atoms with Crippen LogP contribution in [0, 0.1) is 0 Å². The number of hydrogen-bond acceptors (Lipinski definition) is 4. The zero-order valence-corrected chi connectivity index (χ0v) is 12.6. The Morgan fingerprint density at radius 1 is 1.35 bits per heavy atom. The molecule has 0 radical (unpaired) electrons. The van der Waals surface area contributed by atoms with E-state index in [4.69, 9.17) is 5.73 Å². The Kier molecular flexibility index (Phi) is 3.94. The summed E-state index contributed by atoms with van der Waals surface area (Å²) < 4.78 is 0. The van der Waals surface area contributed by atoms with Crippen LogP contribution in [0.1, 0.15) is 44.7 Å². The van der Waals surface area contributed by atoms with Gasteiger partial charge < -0.3 is 10.6 Å². The fourth-order valence-electron chi connectivity index (χ4n) is 3.65. The molecule has 0 aliphatic carbocycles. The first kappa shape index (κ1) is 13.8. The lowest BCUT2D eigenvalue weighted by Crippen LogP contribution is -2.59. The van der Waals surface area contributed by atoms with E-state index in [1.54, 1.807) is 0 Å². The lowest BCUT2D eigenvalue weighted by molar-refractivity contribution is 0.115. The summed E-state index contributed by atoms with van der Waals surface area (Å²) in [5, 5.41) is 0. The molecule has 2 aliphatic rings. The summed E-state index contributed by atoms with van der Waals surface area (Å²) in [5.41, 5.74) is 7.29. The molecule has 2 unspecified atom stereocenters. The largest absolute Gasteiger partial charge is 0.351 e. The van der Waals surface area contributed by atoms with E-state index < -0.39 is 0 Å². The number of piperazine rings is 1. The zero-order valence-electron chi connectivity index (χ0n) is 12.6. The van der Waals surface area contributed by atoms with Crippen molar-refractivity contribution in [2.24, 2.45) is 5.73 Å². The van der Waals surface area contributed by atoms with E-state index in [9.17, 15) is 0 Å². The summed E-state index contributed by atoms with van der Waals surface area (Å²) >= 11 is 0. The second-order valence-electron chi connectivity index (χ2n) is 6.35. The molecule has 2 N–H and O–H groups in total. The van der Waals surface area contributed by atoms with Crippen LogP contribution in [0.5, 0.6) is 0 Å². The smallest absolute Gasteiger partial charge is 0.133 e. The quantitative estimate of drug-likeness (QED) is 0.897. The fraction of sp³-hybridized carbons (Fsp3) is 0.688. The number of aromatic nitrogens is 1. The molecule has 3 rings (SSSR count). The van der Waals surface area contributed by atoms with Gasteiger partial charge in [-0.2, -0.15) is 0 Å². The summed E-state index contributed by atoms with van der Waals surface area (Å²) in [4.78, 5) is 9.78. The van der Waals surface area contributed by atoms with Gasteiger partial charge in [-0.1, -0.05) is 12.5 Å². The first-order chi connectivity index (χ1) is 9.66. The molecule has 2 saturated heterocycles. The van der Waals surface area contributed by atoms with Crippen LogP contribution in [0.4, 0.5) is 5.82 Å². The van der Waals surface area contributed by atoms with Crippen molar-refractivity contribution in [3.63, 3.8) is 0 Å². The van der Waals surface area contributed by atoms with E-state index in [1.807, 2.05) is 19.2 Å². The van der Waals surface area contributed by atoms with Gasteiger partial charge in [0.15, 0.2) is 0 Å². The standard InChI is InChI=1S/C16H26N4/c1-12-10-19-9-4-3-6-14(19)11-20(12)16-15(13(2)17)7-5-8-18-16/h5,7-8,12-14H,3-4,6,9-11,17H2,1-2H3/t12?,13-,14?/m1/s1. The molecule has 4 heteroatoms. The van der Waals surface area contributed by atoms with Crippen molar-refractivity contribution in [2.75, 3.05) is 24.5 Å². The van der Waals surface area contributed by atoms with Crippen LogP contribution in [-0.4, -0.2) is 41.6 Å². The Bertz CT molecular complexity index is 460. The maximum absolute atomic E-state index is 6.12. The Hall–Kier alpha value is -1.13. The summed E-state index contributed by atoms with van der Waals surface area (Å²) in [6, 6.07) is 5.35. The van der Waals surface area contributed by atoms with Gasteiger partial charge in [0.05, 0.1) is 0 Å². The lowest BCUT2D eigenvalue weighted by atomic mass is 9.96. The van der Waals surface area contributed by atoms with E-state index in [0.29, 0.717) is 12.1 Å². The van der Waals surface area contributed by atoms with E-state index in [2.05, 4.69) is 27.8 Å². The number of piperidine rings is 1. The summed E-state index contributed by atoms with van der Waals surface area (Å²) in [7, 11) is 0. The summed E-state index contributed by atoms with van der Waals surface area (Å²) in [6.45, 7) is 7.87. The van der Waals surface area contributed by atoms with Crippen LogP contribution in [0.15, 0.2) is 18.3 Å². The summed E-state index contributed by atoms with van der Waals surface area (Å²) in [6.07, 6.45) is 5.94. The van der Waals surface area contributed by atoms with E-state index in [1.165, 1.54) is 31.4 Å². The second-order valence-corrected chi connectivity index (χ2v) is 6.35. The third kappa shape index (κ3) is 2.54. The molecule has 20 heavy (non-hydrogen) atoms. The molecule has 1 aromatic rings. The lowest BCUT2D eigenvalue weighted by Gasteiger charge is -2.48. The van der Waals surface area contributed by atoms with Crippen molar-refractivity contribution in [3.05, 3.63) is 23.9 Å². The first-order valence-corrected chi connectivity index (χ1v) is 7.88. The number of fused-ring (bicyclic) bond motifs is 1. The van der Waals surface area contributed by atoms with Gasteiger partial charge in [0, 0.05) is 43.0 Å². The average Bonchev–Trinajstić information content (AvgIpc) is 2.46.